The van der Waals surface area contributed by atoms with Gasteiger partial charge in [-0.2, -0.15) is 0 Å². The van der Waals surface area contributed by atoms with Crippen LogP contribution in [0.25, 0.3) is 0 Å². The number of halogens is 1. The first kappa shape index (κ1) is 15.2. The summed E-state index contributed by atoms with van der Waals surface area (Å²) in [6, 6.07) is 1.80. The molecule has 0 bridgehead atoms. The first-order chi connectivity index (χ1) is 8.16. The SMILES string of the molecule is CC(C)(C)OC(=O)NC(C)(C=O)c1csc(Br)c1. The first-order valence-electron chi connectivity index (χ1n) is 5.38. The third kappa shape index (κ3) is 4.10. The molecular formula is C12H16BrNO3S. The fraction of sp³-hybridized carbons (Fsp3) is 0.500. The Kier molecular flexibility index (Phi) is 4.55. The van der Waals surface area contributed by atoms with Crippen LogP contribution in [0.2, 0.25) is 0 Å². The maximum atomic E-state index is 11.7. The van der Waals surface area contributed by atoms with Crippen LogP contribution < -0.4 is 5.32 Å². The van der Waals surface area contributed by atoms with E-state index >= 15 is 0 Å². The summed E-state index contributed by atoms with van der Waals surface area (Å²) in [7, 11) is 0. The zero-order valence-electron chi connectivity index (χ0n) is 10.7. The second kappa shape index (κ2) is 5.40. The first-order valence-corrected chi connectivity index (χ1v) is 7.05. The molecule has 0 aliphatic rings. The second-order valence-corrected chi connectivity index (χ2v) is 7.38. The van der Waals surface area contributed by atoms with Crippen LogP contribution in [0.15, 0.2) is 15.2 Å². The van der Waals surface area contributed by atoms with Crippen molar-refractivity contribution in [2.24, 2.45) is 0 Å². The molecular weight excluding hydrogens is 318 g/mol. The second-order valence-electron chi connectivity index (χ2n) is 5.09. The van der Waals surface area contributed by atoms with Crippen molar-refractivity contribution in [3.05, 3.63) is 20.8 Å². The van der Waals surface area contributed by atoms with Crippen molar-refractivity contribution in [2.45, 2.75) is 38.8 Å². The molecule has 0 fully saturated rings. The standard InChI is InChI=1S/C12H16BrNO3S/c1-11(2,3)17-10(16)14-12(4,7-15)8-5-9(13)18-6-8/h5-7H,1-4H3,(H,14,16). The van der Waals surface area contributed by atoms with E-state index in [1.54, 1.807) is 33.8 Å². The van der Waals surface area contributed by atoms with Crippen LogP contribution in [0, 0.1) is 0 Å². The summed E-state index contributed by atoms with van der Waals surface area (Å²) in [4.78, 5) is 23.0. The molecule has 1 atom stereocenters. The van der Waals surface area contributed by atoms with Crippen LogP contribution in [-0.2, 0) is 15.1 Å². The monoisotopic (exact) mass is 333 g/mol. The summed E-state index contributed by atoms with van der Waals surface area (Å²) in [5, 5.41) is 4.40. The van der Waals surface area contributed by atoms with E-state index in [4.69, 9.17) is 4.74 Å². The molecule has 1 unspecified atom stereocenters. The average Bonchev–Trinajstić information content (AvgIpc) is 2.62. The van der Waals surface area contributed by atoms with E-state index in [9.17, 15) is 9.59 Å². The summed E-state index contributed by atoms with van der Waals surface area (Å²) in [6.45, 7) is 6.95. The maximum Gasteiger partial charge on any atom is 0.408 e. The molecule has 1 aromatic heterocycles. The molecule has 0 aliphatic carbocycles. The number of alkyl carbamates (subject to hydrolysis) is 1. The Morgan fingerprint density at radius 3 is 2.44 bits per heavy atom. The minimum atomic E-state index is -1.08. The van der Waals surface area contributed by atoms with Crippen molar-refractivity contribution < 1.29 is 14.3 Å². The molecule has 1 heterocycles. The van der Waals surface area contributed by atoms with Crippen molar-refractivity contribution in [1.29, 1.82) is 0 Å². The molecule has 0 saturated heterocycles. The molecule has 18 heavy (non-hydrogen) atoms. The normalized spacial score (nSPS) is 14.7. The Labute approximate surface area is 119 Å². The van der Waals surface area contributed by atoms with Gasteiger partial charge in [0.15, 0.2) is 0 Å². The van der Waals surface area contributed by atoms with E-state index in [2.05, 4.69) is 21.2 Å². The van der Waals surface area contributed by atoms with Gasteiger partial charge in [-0.05, 0) is 60.6 Å². The van der Waals surface area contributed by atoms with Crippen molar-refractivity contribution in [1.82, 2.24) is 5.32 Å². The molecule has 100 valence electrons. The summed E-state index contributed by atoms with van der Waals surface area (Å²) < 4.78 is 6.05. The van der Waals surface area contributed by atoms with Gasteiger partial charge in [0.25, 0.3) is 0 Å². The summed E-state index contributed by atoms with van der Waals surface area (Å²) >= 11 is 4.78. The van der Waals surface area contributed by atoms with E-state index in [0.717, 1.165) is 9.35 Å². The van der Waals surface area contributed by atoms with Crippen molar-refractivity contribution in [2.75, 3.05) is 0 Å². The van der Waals surface area contributed by atoms with Crippen molar-refractivity contribution in [3.8, 4) is 0 Å². The fourth-order valence-electron chi connectivity index (χ4n) is 1.27. The quantitative estimate of drug-likeness (QED) is 0.862. The number of hydrogen-bond acceptors (Lipinski definition) is 4. The van der Waals surface area contributed by atoms with Crippen molar-refractivity contribution >= 4 is 39.6 Å². The van der Waals surface area contributed by atoms with E-state index in [1.165, 1.54) is 11.3 Å². The number of rotatable bonds is 3. The van der Waals surface area contributed by atoms with Gasteiger partial charge in [0, 0.05) is 0 Å². The molecule has 6 heteroatoms. The van der Waals surface area contributed by atoms with Crippen molar-refractivity contribution in [3.63, 3.8) is 0 Å². The number of ether oxygens (including phenoxy) is 1. The van der Waals surface area contributed by atoms with E-state index < -0.39 is 17.2 Å². The lowest BCUT2D eigenvalue weighted by molar-refractivity contribution is -0.113. The van der Waals surface area contributed by atoms with Gasteiger partial charge in [0.05, 0.1) is 3.79 Å². The summed E-state index contributed by atoms with van der Waals surface area (Å²) in [6.07, 6.45) is 0.0882. The minimum absolute atomic E-state index is 0.594. The van der Waals surface area contributed by atoms with Crippen LogP contribution in [0.5, 0.6) is 0 Å². The van der Waals surface area contributed by atoms with E-state index in [0.29, 0.717) is 6.29 Å². The number of carbonyl (C=O) groups excluding carboxylic acids is 2. The van der Waals surface area contributed by atoms with Crippen LogP contribution in [0.4, 0.5) is 4.79 Å². The molecule has 1 N–H and O–H groups in total. The van der Waals surface area contributed by atoms with Gasteiger partial charge >= 0.3 is 6.09 Å². The molecule has 0 aromatic carbocycles. The Morgan fingerprint density at radius 1 is 1.44 bits per heavy atom. The number of nitrogens with one attached hydrogen (secondary N) is 1. The number of thiophene rings is 1. The highest BCUT2D eigenvalue weighted by molar-refractivity contribution is 9.11. The topological polar surface area (TPSA) is 55.4 Å². The maximum absolute atomic E-state index is 11.7. The lowest BCUT2D eigenvalue weighted by Crippen LogP contribution is -2.46. The zero-order chi connectivity index (χ0) is 14.0. The van der Waals surface area contributed by atoms with E-state index in [1.807, 2.05) is 5.38 Å². The Bertz CT molecular complexity index is 452. The summed E-state index contributed by atoms with van der Waals surface area (Å²) in [5.74, 6) is 0. The van der Waals surface area contributed by atoms with Gasteiger partial charge in [-0.1, -0.05) is 0 Å². The molecule has 1 aromatic rings. The predicted octanol–water partition coefficient (Wildman–Crippen LogP) is 3.45. The smallest absolute Gasteiger partial charge is 0.408 e. The molecule has 0 aliphatic heterocycles. The van der Waals surface area contributed by atoms with Crippen LogP contribution in [0.1, 0.15) is 33.3 Å². The van der Waals surface area contributed by atoms with Gasteiger partial charge in [-0.3, -0.25) is 0 Å². The zero-order valence-corrected chi connectivity index (χ0v) is 13.1. The third-order valence-electron chi connectivity index (χ3n) is 2.16. The lowest BCUT2D eigenvalue weighted by atomic mass is 9.97. The van der Waals surface area contributed by atoms with Crippen LogP contribution in [0.3, 0.4) is 0 Å². The molecule has 1 amide bonds. The lowest BCUT2D eigenvalue weighted by Gasteiger charge is -2.27. The highest BCUT2D eigenvalue weighted by atomic mass is 79.9. The summed E-state index contributed by atoms with van der Waals surface area (Å²) in [5.41, 5.74) is -0.950. The highest BCUT2D eigenvalue weighted by Gasteiger charge is 2.31. The van der Waals surface area contributed by atoms with Gasteiger partial charge in [0.2, 0.25) is 0 Å². The van der Waals surface area contributed by atoms with Crippen LogP contribution >= 0.6 is 27.3 Å². The largest absolute Gasteiger partial charge is 0.444 e. The Morgan fingerprint density at radius 2 is 2.06 bits per heavy atom. The molecule has 1 rings (SSSR count). The Hall–Kier alpha value is -0.880. The number of carbonyl (C=O) groups is 2. The van der Waals surface area contributed by atoms with Crippen LogP contribution in [-0.4, -0.2) is 18.0 Å². The minimum Gasteiger partial charge on any atom is -0.444 e. The molecule has 0 saturated carbocycles. The van der Waals surface area contributed by atoms with E-state index in [-0.39, 0.29) is 0 Å². The predicted molar refractivity (Wildman–Crippen MR) is 74.8 cm³/mol. The van der Waals surface area contributed by atoms with Gasteiger partial charge in [-0.25, -0.2) is 4.79 Å². The fourth-order valence-corrected chi connectivity index (χ4v) is 2.54. The molecule has 0 spiro atoms. The average molecular weight is 334 g/mol. The molecule has 4 nitrogen and oxygen atoms in total. The van der Waals surface area contributed by atoms with Gasteiger partial charge < -0.3 is 14.8 Å². The number of aldehydes is 1. The van der Waals surface area contributed by atoms with Gasteiger partial charge in [-0.15, -0.1) is 11.3 Å². The molecule has 0 radical (unpaired) electrons. The highest BCUT2D eigenvalue weighted by Crippen LogP contribution is 2.28. The van der Waals surface area contributed by atoms with Gasteiger partial charge in [0.1, 0.15) is 17.4 Å². The number of hydrogen-bond donors (Lipinski definition) is 1. The Balaban J connectivity index is 2.84. The number of amides is 1. The third-order valence-corrected chi connectivity index (χ3v) is 3.67.